The van der Waals surface area contributed by atoms with Gasteiger partial charge in [0.1, 0.15) is 11.5 Å². The first-order chi connectivity index (χ1) is 13.1. The molecule has 2 amide bonds. The van der Waals surface area contributed by atoms with E-state index in [4.69, 9.17) is 14.7 Å². The standard InChI is InChI=1S/C20H21N3O4/c1-15-4-2-5-18(12-15)26-11-3-6-19(24)22-23-20(25)14-27-17-9-7-16(13-21)8-10-17/h2,4-5,7-10,12H,3,6,11,14H2,1H3,(H,22,24)(H,23,25). The number of nitrogens with one attached hydrogen (secondary N) is 2. The summed E-state index contributed by atoms with van der Waals surface area (Å²) in [6.45, 7) is 2.14. The number of carbonyl (C=O) groups is 2. The van der Waals surface area contributed by atoms with Crippen molar-refractivity contribution in [3.8, 4) is 17.6 Å². The maximum atomic E-state index is 11.7. The lowest BCUT2D eigenvalue weighted by Crippen LogP contribution is -2.43. The Morgan fingerprint density at radius 2 is 1.74 bits per heavy atom. The van der Waals surface area contributed by atoms with Gasteiger partial charge in [-0.15, -0.1) is 0 Å². The first kappa shape index (κ1) is 19.8. The molecule has 0 aliphatic heterocycles. The van der Waals surface area contributed by atoms with Gasteiger partial charge in [-0.3, -0.25) is 20.4 Å². The van der Waals surface area contributed by atoms with Crippen LogP contribution in [0.15, 0.2) is 48.5 Å². The first-order valence-corrected chi connectivity index (χ1v) is 8.47. The van der Waals surface area contributed by atoms with E-state index >= 15 is 0 Å². The molecule has 0 radical (unpaired) electrons. The Balaban J connectivity index is 1.57. The van der Waals surface area contributed by atoms with E-state index in [1.54, 1.807) is 24.3 Å². The molecule has 0 aliphatic carbocycles. The molecule has 2 aromatic carbocycles. The SMILES string of the molecule is Cc1cccc(OCCCC(=O)NNC(=O)COc2ccc(C#N)cc2)c1. The van der Waals surface area contributed by atoms with Crippen LogP contribution in [0.5, 0.6) is 11.5 Å². The Hall–Kier alpha value is -3.53. The van der Waals surface area contributed by atoms with Gasteiger partial charge in [0.05, 0.1) is 18.2 Å². The van der Waals surface area contributed by atoms with Crippen molar-refractivity contribution in [2.75, 3.05) is 13.2 Å². The molecule has 0 saturated heterocycles. The van der Waals surface area contributed by atoms with Crippen molar-refractivity contribution in [3.05, 3.63) is 59.7 Å². The Kier molecular flexibility index (Phi) is 7.67. The maximum absolute atomic E-state index is 11.7. The highest BCUT2D eigenvalue weighted by atomic mass is 16.5. The second-order valence-corrected chi connectivity index (χ2v) is 5.79. The molecule has 0 unspecified atom stereocenters. The summed E-state index contributed by atoms with van der Waals surface area (Å²) in [5.74, 6) is 0.436. The summed E-state index contributed by atoms with van der Waals surface area (Å²) >= 11 is 0. The van der Waals surface area contributed by atoms with Crippen LogP contribution in [0.4, 0.5) is 0 Å². The van der Waals surface area contributed by atoms with Crippen molar-refractivity contribution in [2.24, 2.45) is 0 Å². The topological polar surface area (TPSA) is 100 Å². The van der Waals surface area contributed by atoms with E-state index in [1.807, 2.05) is 37.3 Å². The average Bonchev–Trinajstić information content (AvgIpc) is 2.68. The summed E-state index contributed by atoms with van der Waals surface area (Å²) in [5, 5.41) is 8.71. The summed E-state index contributed by atoms with van der Waals surface area (Å²) < 4.78 is 10.8. The second-order valence-electron chi connectivity index (χ2n) is 5.79. The van der Waals surface area contributed by atoms with E-state index in [9.17, 15) is 9.59 Å². The fraction of sp³-hybridized carbons (Fsp3) is 0.250. The van der Waals surface area contributed by atoms with Crippen LogP contribution in [0.25, 0.3) is 0 Å². The number of nitriles is 1. The van der Waals surface area contributed by atoms with Crippen molar-refractivity contribution in [3.63, 3.8) is 0 Å². The van der Waals surface area contributed by atoms with Gasteiger partial charge < -0.3 is 9.47 Å². The van der Waals surface area contributed by atoms with Crippen molar-refractivity contribution < 1.29 is 19.1 Å². The Morgan fingerprint density at radius 3 is 2.44 bits per heavy atom. The molecule has 27 heavy (non-hydrogen) atoms. The van der Waals surface area contributed by atoms with E-state index in [2.05, 4.69) is 10.9 Å². The van der Waals surface area contributed by atoms with Gasteiger partial charge in [-0.25, -0.2) is 0 Å². The van der Waals surface area contributed by atoms with Crippen molar-refractivity contribution in [1.82, 2.24) is 10.9 Å². The number of hydrogen-bond acceptors (Lipinski definition) is 5. The van der Waals surface area contributed by atoms with E-state index in [1.165, 1.54) is 0 Å². The Bertz CT molecular complexity index is 813. The monoisotopic (exact) mass is 367 g/mol. The smallest absolute Gasteiger partial charge is 0.276 e. The van der Waals surface area contributed by atoms with Crippen LogP contribution < -0.4 is 20.3 Å². The fourth-order valence-corrected chi connectivity index (χ4v) is 2.14. The quantitative estimate of drug-likeness (QED) is 0.551. The van der Waals surface area contributed by atoms with Crippen LogP contribution in [0, 0.1) is 18.3 Å². The fourth-order valence-electron chi connectivity index (χ4n) is 2.14. The molecule has 0 spiro atoms. The third-order valence-electron chi connectivity index (χ3n) is 3.50. The molecule has 7 heteroatoms. The van der Waals surface area contributed by atoms with Crippen molar-refractivity contribution in [2.45, 2.75) is 19.8 Å². The van der Waals surface area contributed by atoms with Gasteiger partial charge in [-0.05, 0) is 55.3 Å². The van der Waals surface area contributed by atoms with Crippen molar-refractivity contribution >= 4 is 11.8 Å². The number of amides is 2. The summed E-state index contributed by atoms with van der Waals surface area (Å²) in [6, 6.07) is 16.0. The van der Waals surface area contributed by atoms with Gasteiger partial charge in [0.15, 0.2) is 6.61 Å². The molecule has 2 rings (SSSR count). The third kappa shape index (κ3) is 7.48. The minimum Gasteiger partial charge on any atom is -0.494 e. The number of hydrazine groups is 1. The molecular formula is C20H21N3O4. The number of ether oxygens (including phenoxy) is 2. The number of rotatable bonds is 8. The van der Waals surface area contributed by atoms with Crippen molar-refractivity contribution in [1.29, 1.82) is 5.26 Å². The average molecular weight is 367 g/mol. The van der Waals surface area contributed by atoms with Gasteiger partial charge in [0.25, 0.3) is 5.91 Å². The molecule has 7 nitrogen and oxygen atoms in total. The minimum atomic E-state index is -0.483. The number of benzene rings is 2. The maximum Gasteiger partial charge on any atom is 0.276 e. The highest BCUT2D eigenvalue weighted by Gasteiger charge is 2.06. The molecule has 0 bridgehead atoms. The Labute approximate surface area is 157 Å². The molecule has 0 atom stereocenters. The number of carbonyl (C=O) groups excluding carboxylic acids is 2. The zero-order chi connectivity index (χ0) is 19.5. The normalized spacial score (nSPS) is 9.78. The van der Waals surface area contributed by atoms with Crippen LogP contribution in [-0.2, 0) is 9.59 Å². The molecular weight excluding hydrogens is 346 g/mol. The molecule has 0 heterocycles. The molecule has 0 fully saturated rings. The van der Waals surface area contributed by atoms with E-state index in [0.29, 0.717) is 24.3 Å². The largest absolute Gasteiger partial charge is 0.494 e. The predicted molar refractivity (Wildman–Crippen MR) is 98.8 cm³/mol. The minimum absolute atomic E-state index is 0.225. The number of aryl methyl sites for hydroxylation is 1. The van der Waals surface area contributed by atoms with Gasteiger partial charge in [0, 0.05) is 6.42 Å². The van der Waals surface area contributed by atoms with E-state index in [0.717, 1.165) is 11.3 Å². The van der Waals surface area contributed by atoms with Gasteiger partial charge >= 0.3 is 0 Å². The second kappa shape index (κ2) is 10.5. The van der Waals surface area contributed by atoms with Crippen LogP contribution in [0.2, 0.25) is 0 Å². The summed E-state index contributed by atoms with van der Waals surface area (Å²) in [5.41, 5.74) is 6.22. The van der Waals surface area contributed by atoms with Gasteiger partial charge in [-0.2, -0.15) is 5.26 Å². The molecule has 0 aromatic heterocycles. The molecule has 0 saturated carbocycles. The predicted octanol–water partition coefficient (Wildman–Crippen LogP) is 2.25. The summed E-state index contributed by atoms with van der Waals surface area (Å²) in [6.07, 6.45) is 0.750. The number of nitrogens with zero attached hydrogens (tertiary/aromatic N) is 1. The highest BCUT2D eigenvalue weighted by molar-refractivity contribution is 5.82. The third-order valence-corrected chi connectivity index (χ3v) is 3.50. The zero-order valence-electron chi connectivity index (χ0n) is 15.0. The molecule has 2 aromatic rings. The van der Waals surface area contributed by atoms with Gasteiger partial charge in [0.2, 0.25) is 5.91 Å². The zero-order valence-corrected chi connectivity index (χ0v) is 15.0. The lowest BCUT2D eigenvalue weighted by molar-refractivity contribution is -0.130. The summed E-state index contributed by atoms with van der Waals surface area (Å²) in [7, 11) is 0. The highest BCUT2D eigenvalue weighted by Crippen LogP contribution is 2.13. The van der Waals surface area contributed by atoms with Crippen LogP contribution >= 0.6 is 0 Å². The van der Waals surface area contributed by atoms with Crippen LogP contribution in [0.3, 0.4) is 0 Å². The van der Waals surface area contributed by atoms with Crippen LogP contribution in [0.1, 0.15) is 24.0 Å². The van der Waals surface area contributed by atoms with E-state index in [-0.39, 0.29) is 18.9 Å². The molecule has 0 aliphatic rings. The lowest BCUT2D eigenvalue weighted by atomic mass is 10.2. The molecule has 2 N–H and O–H groups in total. The summed E-state index contributed by atoms with van der Waals surface area (Å²) in [4.78, 5) is 23.4. The van der Waals surface area contributed by atoms with Gasteiger partial charge in [-0.1, -0.05) is 12.1 Å². The van der Waals surface area contributed by atoms with Crippen LogP contribution in [-0.4, -0.2) is 25.0 Å². The van der Waals surface area contributed by atoms with E-state index < -0.39 is 5.91 Å². The molecule has 140 valence electrons. The number of hydrogen-bond donors (Lipinski definition) is 2. The Morgan fingerprint density at radius 1 is 1.00 bits per heavy atom. The lowest BCUT2D eigenvalue weighted by Gasteiger charge is -2.09. The first-order valence-electron chi connectivity index (χ1n) is 8.47.